The van der Waals surface area contributed by atoms with Crippen molar-refractivity contribution in [2.45, 2.75) is 66.5 Å². The minimum atomic E-state index is -0.543. The van der Waals surface area contributed by atoms with Gasteiger partial charge in [0.15, 0.2) is 0 Å². The summed E-state index contributed by atoms with van der Waals surface area (Å²) in [6, 6.07) is 10.4. The molecule has 1 aliphatic heterocycles. The van der Waals surface area contributed by atoms with Gasteiger partial charge >= 0.3 is 0 Å². The molecule has 4 heterocycles. The number of carbonyl (C=O) groups is 1. The second-order valence-electron chi connectivity index (χ2n) is 12.5. The van der Waals surface area contributed by atoms with E-state index in [0.29, 0.717) is 29.2 Å². The van der Waals surface area contributed by atoms with E-state index >= 15 is 0 Å². The van der Waals surface area contributed by atoms with Gasteiger partial charge in [0, 0.05) is 60.7 Å². The zero-order chi connectivity index (χ0) is 29.6. The number of rotatable bonds is 6. The summed E-state index contributed by atoms with van der Waals surface area (Å²) in [5.74, 6) is 1.18. The van der Waals surface area contributed by atoms with E-state index in [1.807, 2.05) is 48.9 Å². The normalized spacial score (nSPS) is 14.8. The smallest absolute Gasteiger partial charge is 0.253 e. The van der Waals surface area contributed by atoms with Crippen LogP contribution in [0.2, 0.25) is 0 Å². The van der Waals surface area contributed by atoms with E-state index in [9.17, 15) is 9.59 Å². The lowest BCUT2D eigenvalue weighted by Gasteiger charge is -2.37. The maximum absolute atomic E-state index is 13.0. The van der Waals surface area contributed by atoms with Crippen LogP contribution in [-0.4, -0.2) is 62.5 Å². The fraction of sp³-hybridized carbons (Fsp3) is 0.438. The molecule has 0 radical (unpaired) electrons. The summed E-state index contributed by atoms with van der Waals surface area (Å²) in [6.45, 7) is 18.8. The van der Waals surface area contributed by atoms with Gasteiger partial charge in [0.2, 0.25) is 0 Å². The third-order valence-electron chi connectivity index (χ3n) is 8.05. The number of pyridine rings is 2. The van der Waals surface area contributed by atoms with Crippen molar-refractivity contribution in [3.63, 3.8) is 0 Å². The van der Waals surface area contributed by atoms with Gasteiger partial charge in [-0.1, -0.05) is 20.8 Å². The molecule has 1 amide bonds. The summed E-state index contributed by atoms with van der Waals surface area (Å²) in [7, 11) is 0. The van der Waals surface area contributed by atoms with E-state index in [2.05, 4.69) is 49.4 Å². The first kappa shape index (κ1) is 28.5. The first-order chi connectivity index (χ1) is 19.3. The maximum Gasteiger partial charge on any atom is 0.253 e. The highest BCUT2D eigenvalue weighted by Crippen LogP contribution is 2.33. The van der Waals surface area contributed by atoms with Gasteiger partial charge in [-0.3, -0.25) is 14.5 Å². The maximum atomic E-state index is 13.0. The zero-order valence-corrected chi connectivity index (χ0v) is 25.2. The second-order valence-corrected chi connectivity index (χ2v) is 12.5. The van der Waals surface area contributed by atoms with Crippen LogP contribution in [0.15, 0.2) is 41.3 Å². The number of nitrogens with one attached hydrogen (secondary N) is 1. The Balaban J connectivity index is 1.59. The van der Waals surface area contributed by atoms with Crippen LogP contribution in [0, 0.1) is 13.8 Å². The lowest BCUT2D eigenvalue weighted by molar-refractivity contribution is 0.100. The molecule has 1 aromatic carbocycles. The number of piperazine rings is 1. The number of primary amides is 1. The Morgan fingerprint density at radius 1 is 1.05 bits per heavy atom. The van der Waals surface area contributed by atoms with E-state index in [4.69, 9.17) is 15.7 Å². The molecule has 1 saturated heterocycles. The van der Waals surface area contributed by atoms with Crippen LogP contribution in [-0.2, 0) is 12.0 Å². The molecule has 1 aliphatic rings. The number of nitrogens with two attached hydrogens (primary N) is 1. The number of amides is 1. The minimum Gasteiger partial charge on any atom is -0.366 e. The number of H-pyrrole nitrogens is 1. The molecular weight excluding hydrogens is 514 g/mol. The SMILES string of the molecule is Cc1cc(C)c(Cn2c(C(C)(C)C)nc3c(C(N)=O)cc(-c4ccc(N5CCN(C(C)C)CC5)nc4)cc32)c(=O)[nH]1. The molecule has 9 heteroatoms. The molecule has 0 atom stereocenters. The van der Waals surface area contributed by atoms with E-state index in [1.54, 1.807) is 6.07 Å². The number of carbonyl (C=O) groups excluding carboxylic acids is 1. The van der Waals surface area contributed by atoms with Gasteiger partial charge in [-0.15, -0.1) is 0 Å². The Morgan fingerprint density at radius 3 is 2.32 bits per heavy atom. The molecule has 1 fully saturated rings. The summed E-state index contributed by atoms with van der Waals surface area (Å²) in [6.07, 6.45) is 1.86. The number of aryl methyl sites for hydroxylation is 2. The predicted molar refractivity (Wildman–Crippen MR) is 165 cm³/mol. The standard InChI is InChI=1S/C32H41N7O2/c1-19(2)37-10-12-38(13-11-37)27-9-8-22(17-34-27)23-15-24(29(33)40)28-26(16-23)39(31(36-28)32(5,6)7)18-25-20(3)14-21(4)35-30(25)41/h8-9,14-17,19H,10-13,18H2,1-7H3,(H2,33,40)(H,35,41). The number of nitrogens with zero attached hydrogens (tertiary/aromatic N) is 5. The summed E-state index contributed by atoms with van der Waals surface area (Å²) in [5, 5.41) is 0. The quantitative estimate of drug-likeness (QED) is 0.365. The summed E-state index contributed by atoms with van der Waals surface area (Å²) in [5.41, 5.74) is 11.2. The number of hydrogen-bond acceptors (Lipinski definition) is 6. The Bertz CT molecular complexity index is 1650. The van der Waals surface area contributed by atoms with Crippen molar-refractivity contribution in [2.24, 2.45) is 5.73 Å². The van der Waals surface area contributed by atoms with Crippen LogP contribution in [0.5, 0.6) is 0 Å². The van der Waals surface area contributed by atoms with Gasteiger partial charge in [-0.2, -0.15) is 0 Å². The van der Waals surface area contributed by atoms with Crippen LogP contribution < -0.4 is 16.2 Å². The average molecular weight is 556 g/mol. The van der Waals surface area contributed by atoms with Gasteiger partial charge in [0.1, 0.15) is 17.2 Å². The van der Waals surface area contributed by atoms with Crippen molar-refractivity contribution in [3.05, 3.63) is 75.1 Å². The molecule has 4 aromatic rings. The van der Waals surface area contributed by atoms with Gasteiger partial charge in [0.25, 0.3) is 11.5 Å². The number of imidazole rings is 1. The monoisotopic (exact) mass is 555 g/mol. The topological polar surface area (TPSA) is 113 Å². The van der Waals surface area contributed by atoms with Gasteiger partial charge in [0.05, 0.1) is 17.6 Å². The molecule has 0 bridgehead atoms. The fourth-order valence-electron chi connectivity index (χ4n) is 5.76. The van der Waals surface area contributed by atoms with Crippen LogP contribution in [0.3, 0.4) is 0 Å². The number of aromatic amines is 1. The third-order valence-corrected chi connectivity index (χ3v) is 8.05. The second kappa shape index (κ2) is 10.8. The molecular formula is C32H41N7O2. The van der Waals surface area contributed by atoms with Crippen molar-refractivity contribution in [1.29, 1.82) is 0 Å². The highest BCUT2D eigenvalue weighted by molar-refractivity contribution is 6.06. The van der Waals surface area contributed by atoms with Crippen LogP contribution >= 0.6 is 0 Å². The predicted octanol–water partition coefficient (Wildman–Crippen LogP) is 4.38. The first-order valence-corrected chi connectivity index (χ1v) is 14.3. The lowest BCUT2D eigenvalue weighted by Crippen LogP contribution is -2.49. The van der Waals surface area contributed by atoms with Gasteiger partial charge < -0.3 is 20.2 Å². The Labute approximate surface area is 241 Å². The Kier molecular flexibility index (Phi) is 7.50. The van der Waals surface area contributed by atoms with Crippen molar-refractivity contribution in [3.8, 4) is 11.1 Å². The van der Waals surface area contributed by atoms with E-state index in [1.165, 1.54) is 0 Å². The number of aromatic nitrogens is 4. The molecule has 0 unspecified atom stereocenters. The van der Waals surface area contributed by atoms with Gasteiger partial charge in [-0.25, -0.2) is 9.97 Å². The minimum absolute atomic E-state index is 0.121. The van der Waals surface area contributed by atoms with Crippen LogP contribution in [0.25, 0.3) is 22.2 Å². The fourth-order valence-corrected chi connectivity index (χ4v) is 5.76. The number of hydrogen-bond donors (Lipinski definition) is 2. The van der Waals surface area contributed by atoms with E-state index in [0.717, 1.165) is 65.7 Å². The molecule has 0 saturated carbocycles. The molecule has 9 nitrogen and oxygen atoms in total. The number of anilines is 1. The highest BCUT2D eigenvalue weighted by Gasteiger charge is 2.27. The molecule has 0 spiro atoms. The van der Waals surface area contributed by atoms with Crippen molar-refractivity contribution in [1.82, 2.24) is 24.4 Å². The van der Waals surface area contributed by atoms with Crippen LogP contribution in [0.4, 0.5) is 5.82 Å². The molecule has 41 heavy (non-hydrogen) atoms. The van der Waals surface area contributed by atoms with Gasteiger partial charge in [-0.05, 0) is 69.2 Å². The molecule has 5 rings (SSSR count). The highest BCUT2D eigenvalue weighted by atomic mass is 16.1. The Hall–Kier alpha value is -3.98. The average Bonchev–Trinajstić information content (AvgIpc) is 3.29. The summed E-state index contributed by atoms with van der Waals surface area (Å²) >= 11 is 0. The Morgan fingerprint density at radius 2 is 1.76 bits per heavy atom. The lowest BCUT2D eigenvalue weighted by atomic mass is 9.95. The van der Waals surface area contributed by atoms with Crippen molar-refractivity contribution in [2.75, 3.05) is 31.1 Å². The number of fused-ring (bicyclic) bond motifs is 1. The third kappa shape index (κ3) is 5.63. The largest absolute Gasteiger partial charge is 0.366 e. The van der Waals surface area contributed by atoms with E-state index < -0.39 is 5.91 Å². The summed E-state index contributed by atoms with van der Waals surface area (Å²) in [4.78, 5) is 43.1. The van der Waals surface area contributed by atoms with Crippen molar-refractivity contribution >= 4 is 22.8 Å². The molecule has 216 valence electrons. The van der Waals surface area contributed by atoms with Crippen molar-refractivity contribution < 1.29 is 4.79 Å². The molecule has 3 aromatic heterocycles. The van der Waals surface area contributed by atoms with Crippen LogP contribution in [0.1, 0.15) is 67.6 Å². The summed E-state index contributed by atoms with van der Waals surface area (Å²) < 4.78 is 2.05. The molecule has 3 N–H and O–H groups in total. The molecule has 0 aliphatic carbocycles. The zero-order valence-electron chi connectivity index (χ0n) is 25.2. The number of benzene rings is 1. The van der Waals surface area contributed by atoms with E-state index in [-0.39, 0.29) is 11.0 Å². The first-order valence-electron chi connectivity index (χ1n) is 14.3.